The van der Waals surface area contributed by atoms with Crippen LogP contribution in [0.2, 0.25) is 10.0 Å². The second kappa shape index (κ2) is 9.17. The summed E-state index contributed by atoms with van der Waals surface area (Å²) < 4.78 is 17.5. The summed E-state index contributed by atoms with van der Waals surface area (Å²) in [5, 5.41) is 5.39. The maximum Gasteiger partial charge on any atom is 0.325 e. The third-order valence-corrected chi connectivity index (χ3v) is 3.81. The largest absolute Gasteiger partial charge is 0.454 e. The molecule has 0 aliphatic heterocycles. The number of halogens is 3. The lowest BCUT2D eigenvalue weighted by Gasteiger charge is -2.08. The van der Waals surface area contributed by atoms with E-state index in [0.717, 1.165) is 12.1 Å². The molecular weight excluding hydrogens is 386 g/mol. The van der Waals surface area contributed by atoms with E-state index in [0.29, 0.717) is 10.7 Å². The van der Waals surface area contributed by atoms with Crippen molar-refractivity contribution in [2.45, 2.75) is 0 Å². The quantitative estimate of drug-likeness (QED) is 0.732. The van der Waals surface area contributed by atoms with Gasteiger partial charge in [0.25, 0.3) is 11.8 Å². The summed E-state index contributed by atoms with van der Waals surface area (Å²) in [6, 6.07) is 9.31. The van der Waals surface area contributed by atoms with Gasteiger partial charge in [0.05, 0.1) is 10.0 Å². The van der Waals surface area contributed by atoms with Crippen LogP contribution in [0.3, 0.4) is 0 Å². The van der Waals surface area contributed by atoms with Crippen LogP contribution in [-0.2, 0) is 14.3 Å². The molecule has 6 nitrogen and oxygen atoms in total. The Hall–Kier alpha value is -2.64. The number of carbonyl (C=O) groups is 3. The van der Waals surface area contributed by atoms with Gasteiger partial charge >= 0.3 is 5.97 Å². The second-order valence-electron chi connectivity index (χ2n) is 5.03. The molecule has 2 amide bonds. The molecule has 0 aliphatic carbocycles. The van der Waals surface area contributed by atoms with E-state index >= 15 is 0 Å². The summed E-state index contributed by atoms with van der Waals surface area (Å²) in [5.74, 6) is -2.43. The van der Waals surface area contributed by atoms with Crippen molar-refractivity contribution in [3.05, 3.63) is 63.9 Å². The van der Waals surface area contributed by atoms with Crippen molar-refractivity contribution in [1.29, 1.82) is 0 Å². The van der Waals surface area contributed by atoms with E-state index in [1.54, 1.807) is 0 Å². The molecule has 2 N–H and O–H groups in total. The molecule has 0 saturated carbocycles. The topological polar surface area (TPSA) is 84.5 Å². The molecule has 0 radical (unpaired) electrons. The highest BCUT2D eigenvalue weighted by molar-refractivity contribution is 6.42. The minimum Gasteiger partial charge on any atom is -0.454 e. The minimum absolute atomic E-state index is 0.191. The van der Waals surface area contributed by atoms with Gasteiger partial charge in [-0.15, -0.1) is 0 Å². The number of rotatable bonds is 6. The van der Waals surface area contributed by atoms with Crippen LogP contribution in [0.5, 0.6) is 0 Å². The van der Waals surface area contributed by atoms with E-state index in [1.807, 2.05) is 0 Å². The first-order valence-corrected chi connectivity index (χ1v) is 8.05. The third kappa shape index (κ3) is 6.02. The Balaban J connectivity index is 1.73. The summed E-state index contributed by atoms with van der Waals surface area (Å²) in [6.07, 6.45) is 0. The Morgan fingerprint density at radius 2 is 1.69 bits per heavy atom. The van der Waals surface area contributed by atoms with Gasteiger partial charge in [-0.3, -0.25) is 14.4 Å². The number of benzene rings is 2. The number of carbonyl (C=O) groups excluding carboxylic acids is 3. The molecule has 2 aromatic rings. The Morgan fingerprint density at radius 3 is 2.35 bits per heavy atom. The zero-order valence-electron chi connectivity index (χ0n) is 13.2. The zero-order valence-corrected chi connectivity index (χ0v) is 14.7. The summed E-state index contributed by atoms with van der Waals surface area (Å²) in [7, 11) is 0. The van der Waals surface area contributed by atoms with Crippen LogP contribution in [0, 0.1) is 5.82 Å². The van der Waals surface area contributed by atoms with E-state index in [-0.39, 0.29) is 10.6 Å². The van der Waals surface area contributed by atoms with Crippen LogP contribution in [0.15, 0.2) is 42.5 Å². The number of esters is 1. The molecule has 0 fully saturated rings. The summed E-state index contributed by atoms with van der Waals surface area (Å²) in [6.45, 7) is -0.970. The van der Waals surface area contributed by atoms with Crippen molar-refractivity contribution in [2.75, 3.05) is 18.5 Å². The Morgan fingerprint density at radius 1 is 1.00 bits per heavy atom. The second-order valence-corrected chi connectivity index (χ2v) is 5.84. The first-order valence-electron chi connectivity index (χ1n) is 7.29. The normalized spacial score (nSPS) is 10.1. The molecule has 0 unspecified atom stereocenters. The molecule has 9 heteroatoms. The van der Waals surface area contributed by atoms with Crippen molar-refractivity contribution in [1.82, 2.24) is 5.32 Å². The molecule has 0 bridgehead atoms. The number of hydrogen-bond donors (Lipinski definition) is 2. The lowest BCUT2D eigenvalue weighted by molar-refractivity contribution is -0.146. The van der Waals surface area contributed by atoms with Crippen LogP contribution in [0.4, 0.5) is 10.1 Å². The van der Waals surface area contributed by atoms with Crippen molar-refractivity contribution >= 4 is 46.7 Å². The highest BCUT2D eigenvalue weighted by atomic mass is 35.5. The van der Waals surface area contributed by atoms with Crippen molar-refractivity contribution in [3.63, 3.8) is 0 Å². The van der Waals surface area contributed by atoms with Gasteiger partial charge in [0.2, 0.25) is 0 Å². The van der Waals surface area contributed by atoms with Gasteiger partial charge in [-0.2, -0.15) is 0 Å². The van der Waals surface area contributed by atoms with E-state index in [1.165, 1.54) is 30.3 Å². The molecule has 26 heavy (non-hydrogen) atoms. The fourth-order valence-electron chi connectivity index (χ4n) is 1.82. The molecule has 136 valence electrons. The highest BCUT2D eigenvalue weighted by Gasteiger charge is 2.11. The molecule has 2 aromatic carbocycles. The summed E-state index contributed by atoms with van der Waals surface area (Å²) in [4.78, 5) is 35.0. The van der Waals surface area contributed by atoms with Crippen LogP contribution >= 0.6 is 23.2 Å². The molecule has 2 rings (SSSR count). The third-order valence-electron chi connectivity index (χ3n) is 3.07. The van der Waals surface area contributed by atoms with Gasteiger partial charge in [-0.25, -0.2) is 4.39 Å². The number of ether oxygens (including phenoxy) is 1. The maximum atomic E-state index is 12.8. The summed E-state index contributed by atoms with van der Waals surface area (Å²) >= 11 is 11.6. The first kappa shape index (κ1) is 19.7. The average molecular weight is 399 g/mol. The minimum atomic E-state index is -0.801. The standard InChI is InChI=1S/C17H13Cl2FN2O4/c18-13-6-5-12(7-14(13)19)22-15(23)9-26-16(24)8-21-17(25)10-1-3-11(20)4-2-10/h1-7H,8-9H2,(H,21,25)(H,22,23). The van der Waals surface area contributed by atoms with Gasteiger partial charge in [0.1, 0.15) is 12.4 Å². The number of anilines is 1. The van der Waals surface area contributed by atoms with Crippen LogP contribution in [0.25, 0.3) is 0 Å². The monoisotopic (exact) mass is 398 g/mol. The highest BCUT2D eigenvalue weighted by Crippen LogP contribution is 2.24. The molecule has 0 heterocycles. The summed E-state index contributed by atoms with van der Waals surface area (Å²) in [5.41, 5.74) is 0.585. The van der Waals surface area contributed by atoms with Gasteiger partial charge in [-0.1, -0.05) is 23.2 Å². The van der Waals surface area contributed by atoms with E-state index in [4.69, 9.17) is 27.9 Å². The van der Waals surface area contributed by atoms with Crippen LogP contribution < -0.4 is 10.6 Å². The average Bonchev–Trinajstić information content (AvgIpc) is 2.61. The van der Waals surface area contributed by atoms with E-state index < -0.39 is 36.8 Å². The van der Waals surface area contributed by atoms with Crippen molar-refractivity contribution < 1.29 is 23.5 Å². The van der Waals surface area contributed by atoms with Gasteiger partial charge in [0.15, 0.2) is 6.61 Å². The molecule has 0 aromatic heterocycles. The molecular formula is C17H13Cl2FN2O4. The maximum absolute atomic E-state index is 12.8. The number of hydrogen-bond acceptors (Lipinski definition) is 4. The van der Waals surface area contributed by atoms with Crippen molar-refractivity contribution in [2.24, 2.45) is 0 Å². The van der Waals surface area contributed by atoms with Crippen molar-refractivity contribution in [3.8, 4) is 0 Å². The van der Waals surface area contributed by atoms with E-state index in [9.17, 15) is 18.8 Å². The SMILES string of the molecule is O=C(COC(=O)CNC(=O)c1ccc(F)cc1)Nc1ccc(Cl)c(Cl)c1. The fraction of sp³-hybridized carbons (Fsp3) is 0.118. The predicted octanol–water partition coefficient (Wildman–Crippen LogP) is 3.04. The molecule has 0 atom stereocenters. The number of nitrogens with one attached hydrogen (secondary N) is 2. The molecule has 0 spiro atoms. The van der Waals surface area contributed by atoms with Gasteiger partial charge < -0.3 is 15.4 Å². The van der Waals surface area contributed by atoms with Gasteiger partial charge in [-0.05, 0) is 42.5 Å². The number of amides is 2. The lowest BCUT2D eigenvalue weighted by Crippen LogP contribution is -2.32. The molecule has 0 saturated heterocycles. The van der Waals surface area contributed by atoms with Crippen LogP contribution in [-0.4, -0.2) is 30.9 Å². The lowest BCUT2D eigenvalue weighted by atomic mass is 10.2. The van der Waals surface area contributed by atoms with Crippen LogP contribution in [0.1, 0.15) is 10.4 Å². The smallest absolute Gasteiger partial charge is 0.325 e. The molecule has 0 aliphatic rings. The Labute approximate surface area is 158 Å². The zero-order chi connectivity index (χ0) is 19.1. The van der Waals surface area contributed by atoms with E-state index in [2.05, 4.69) is 10.6 Å². The fourth-order valence-corrected chi connectivity index (χ4v) is 2.12. The predicted molar refractivity (Wildman–Crippen MR) is 94.8 cm³/mol. The first-order chi connectivity index (χ1) is 12.3. The Bertz CT molecular complexity index is 828. The Kier molecular flexibility index (Phi) is 6.94. The van der Waals surface area contributed by atoms with Gasteiger partial charge in [0, 0.05) is 11.3 Å².